The lowest BCUT2D eigenvalue weighted by atomic mass is 10.2. The summed E-state index contributed by atoms with van der Waals surface area (Å²) in [5.41, 5.74) is 2.18. The highest BCUT2D eigenvalue weighted by atomic mass is 35.5. The Labute approximate surface area is 140 Å². The first-order valence-corrected chi connectivity index (χ1v) is 8.09. The molecule has 0 bridgehead atoms. The molecule has 0 aliphatic heterocycles. The van der Waals surface area contributed by atoms with Gasteiger partial charge in [0.05, 0.1) is 17.3 Å². The number of aryl methyl sites for hydroxylation is 1. The van der Waals surface area contributed by atoms with Gasteiger partial charge in [0.2, 0.25) is 0 Å². The molecule has 1 N–H and O–H groups in total. The molecule has 23 heavy (non-hydrogen) atoms. The maximum absolute atomic E-state index is 12.4. The summed E-state index contributed by atoms with van der Waals surface area (Å²) >= 11 is 7.63. The normalized spacial score (nSPS) is 11.2. The molecule has 0 fully saturated rings. The monoisotopic (exact) mass is 342 g/mol. The van der Waals surface area contributed by atoms with Gasteiger partial charge in [-0.2, -0.15) is 5.10 Å². The fourth-order valence-corrected chi connectivity index (χ4v) is 3.74. The fraction of sp³-hybridized carbons (Fsp3) is 0.0625. The van der Waals surface area contributed by atoms with Gasteiger partial charge >= 0.3 is 0 Å². The SMILES string of the molecule is Cn1cc(-c2nc3cc(-c4ccccc4Cl)sc3c(=O)[nH]2)cn1. The molecule has 114 valence electrons. The van der Waals surface area contributed by atoms with Gasteiger partial charge in [0, 0.05) is 28.7 Å². The zero-order chi connectivity index (χ0) is 16.0. The van der Waals surface area contributed by atoms with Crippen molar-refractivity contribution in [1.29, 1.82) is 0 Å². The molecule has 0 aliphatic rings. The molecule has 0 amide bonds. The topological polar surface area (TPSA) is 63.6 Å². The lowest BCUT2D eigenvalue weighted by molar-refractivity contribution is 0.768. The highest BCUT2D eigenvalue weighted by Crippen LogP contribution is 2.35. The van der Waals surface area contributed by atoms with Gasteiger partial charge in [0.25, 0.3) is 5.56 Å². The number of nitrogens with one attached hydrogen (secondary N) is 1. The molecular weight excluding hydrogens is 332 g/mol. The average Bonchev–Trinajstić information content (AvgIpc) is 3.14. The predicted molar refractivity (Wildman–Crippen MR) is 92.9 cm³/mol. The van der Waals surface area contributed by atoms with Crippen molar-refractivity contribution >= 4 is 33.2 Å². The number of nitrogens with zero attached hydrogens (tertiary/aromatic N) is 3. The number of hydrogen-bond acceptors (Lipinski definition) is 4. The van der Waals surface area contributed by atoms with Crippen LogP contribution in [0, 0.1) is 0 Å². The van der Waals surface area contributed by atoms with Gasteiger partial charge in [0.15, 0.2) is 0 Å². The van der Waals surface area contributed by atoms with E-state index < -0.39 is 0 Å². The molecule has 5 nitrogen and oxygen atoms in total. The van der Waals surface area contributed by atoms with Crippen LogP contribution in [-0.4, -0.2) is 19.7 Å². The van der Waals surface area contributed by atoms with E-state index in [2.05, 4.69) is 15.1 Å². The Morgan fingerprint density at radius 2 is 2.13 bits per heavy atom. The van der Waals surface area contributed by atoms with Gasteiger partial charge in [-0.25, -0.2) is 4.98 Å². The molecule has 0 saturated heterocycles. The standard InChI is InChI=1S/C16H11ClN4OS/c1-21-8-9(7-18-21)15-19-12-6-13(23-14(12)16(22)20-15)10-4-2-3-5-11(10)17/h2-8H,1H3,(H,19,20,22). The molecule has 0 aliphatic carbocycles. The van der Waals surface area contributed by atoms with E-state index in [1.54, 1.807) is 10.9 Å². The van der Waals surface area contributed by atoms with E-state index in [1.807, 2.05) is 43.6 Å². The number of aromatic nitrogens is 4. The molecule has 0 spiro atoms. The molecule has 4 rings (SSSR count). The van der Waals surface area contributed by atoms with Gasteiger partial charge in [-0.05, 0) is 12.1 Å². The van der Waals surface area contributed by atoms with Crippen LogP contribution in [0.2, 0.25) is 5.02 Å². The molecule has 0 atom stereocenters. The number of hydrogen-bond donors (Lipinski definition) is 1. The smallest absolute Gasteiger partial charge is 0.269 e. The summed E-state index contributed by atoms with van der Waals surface area (Å²) in [6.07, 6.45) is 3.48. The average molecular weight is 343 g/mol. The first-order chi connectivity index (χ1) is 11.1. The summed E-state index contributed by atoms with van der Waals surface area (Å²) < 4.78 is 2.26. The summed E-state index contributed by atoms with van der Waals surface area (Å²) in [5, 5.41) is 4.76. The van der Waals surface area contributed by atoms with Gasteiger partial charge in [-0.15, -0.1) is 11.3 Å². The number of thiophene rings is 1. The third-order valence-electron chi connectivity index (χ3n) is 3.50. The summed E-state index contributed by atoms with van der Waals surface area (Å²) in [6.45, 7) is 0. The van der Waals surface area contributed by atoms with Crippen molar-refractivity contribution in [3.8, 4) is 21.8 Å². The van der Waals surface area contributed by atoms with Crippen LogP contribution in [0.25, 0.3) is 32.0 Å². The van der Waals surface area contributed by atoms with Crippen LogP contribution in [0.15, 0.2) is 47.5 Å². The first kappa shape index (κ1) is 14.2. The quantitative estimate of drug-likeness (QED) is 0.604. The summed E-state index contributed by atoms with van der Waals surface area (Å²) in [7, 11) is 1.82. The molecule has 4 aromatic rings. The highest BCUT2D eigenvalue weighted by molar-refractivity contribution is 7.22. The van der Waals surface area contributed by atoms with Crippen LogP contribution in [0.4, 0.5) is 0 Å². The van der Waals surface area contributed by atoms with Crippen molar-refractivity contribution in [1.82, 2.24) is 19.7 Å². The Morgan fingerprint density at radius 1 is 1.30 bits per heavy atom. The van der Waals surface area contributed by atoms with Crippen LogP contribution in [0.1, 0.15) is 0 Å². The lowest BCUT2D eigenvalue weighted by Gasteiger charge is -1.98. The first-order valence-electron chi connectivity index (χ1n) is 6.89. The van der Waals surface area contributed by atoms with Gasteiger partial charge in [-0.3, -0.25) is 9.48 Å². The van der Waals surface area contributed by atoms with Crippen LogP contribution in [0.5, 0.6) is 0 Å². The maximum atomic E-state index is 12.4. The van der Waals surface area contributed by atoms with Crippen molar-refractivity contribution in [3.63, 3.8) is 0 Å². The number of benzene rings is 1. The summed E-state index contributed by atoms with van der Waals surface area (Å²) in [5.74, 6) is 0.513. The van der Waals surface area contributed by atoms with Crippen molar-refractivity contribution in [2.45, 2.75) is 0 Å². The Balaban J connectivity index is 1.91. The Bertz CT molecular complexity index is 1080. The molecule has 3 heterocycles. The minimum Gasteiger partial charge on any atom is -0.305 e. The Morgan fingerprint density at radius 3 is 2.87 bits per heavy atom. The minimum absolute atomic E-state index is 0.155. The second kappa shape index (κ2) is 5.33. The van der Waals surface area contributed by atoms with E-state index in [9.17, 15) is 4.79 Å². The maximum Gasteiger partial charge on any atom is 0.269 e. The van der Waals surface area contributed by atoms with Crippen LogP contribution < -0.4 is 5.56 Å². The number of rotatable bonds is 2. The molecule has 0 saturated carbocycles. The van der Waals surface area contributed by atoms with E-state index in [-0.39, 0.29) is 5.56 Å². The van der Waals surface area contributed by atoms with Crippen molar-refractivity contribution in [2.75, 3.05) is 0 Å². The number of aromatic amines is 1. The van der Waals surface area contributed by atoms with Crippen molar-refractivity contribution < 1.29 is 0 Å². The van der Waals surface area contributed by atoms with E-state index in [0.717, 1.165) is 16.0 Å². The van der Waals surface area contributed by atoms with E-state index in [0.29, 0.717) is 21.1 Å². The van der Waals surface area contributed by atoms with E-state index in [1.165, 1.54) is 11.3 Å². The minimum atomic E-state index is -0.155. The van der Waals surface area contributed by atoms with Gasteiger partial charge < -0.3 is 4.98 Å². The zero-order valence-corrected chi connectivity index (χ0v) is 13.6. The second-order valence-corrected chi connectivity index (χ2v) is 6.58. The largest absolute Gasteiger partial charge is 0.305 e. The van der Waals surface area contributed by atoms with Crippen LogP contribution >= 0.6 is 22.9 Å². The lowest BCUT2D eigenvalue weighted by Crippen LogP contribution is -2.07. The number of halogens is 1. The van der Waals surface area contributed by atoms with Gasteiger partial charge in [0.1, 0.15) is 10.5 Å². The number of H-pyrrole nitrogens is 1. The molecule has 3 aromatic heterocycles. The number of fused-ring (bicyclic) bond motifs is 1. The Hall–Kier alpha value is -2.44. The van der Waals surface area contributed by atoms with Crippen LogP contribution in [0.3, 0.4) is 0 Å². The highest BCUT2D eigenvalue weighted by Gasteiger charge is 2.13. The third-order valence-corrected chi connectivity index (χ3v) is 4.99. The van der Waals surface area contributed by atoms with E-state index >= 15 is 0 Å². The molecule has 1 aromatic carbocycles. The second-order valence-electron chi connectivity index (χ2n) is 5.12. The third kappa shape index (κ3) is 2.46. The Kier molecular flexibility index (Phi) is 3.28. The van der Waals surface area contributed by atoms with E-state index in [4.69, 9.17) is 11.6 Å². The molecule has 0 unspecified atom stereocenters. The zero-order valence-electron chi connectivity index (χ0n) is 12.1. The van der Waals surface area contributed by atoms with Crippen molar-refractivity contribution in [2.24, 2.45) is 7.05 Å². The summed E-state index contributed by atoms with van der Waals surface area (Å²) in [6, 6.07) is 9.47. The molecule has 0 radical (unpaired) electrons. The predicted octanol–water partition coefficient (Wildman–Crippen LogP) is 3.71. The van der Waals surface area contributed by atoms with Crippen LogP contribution in [-0.2, 0) is 7.05 Å². The van der Waals surface area contributed by atoms with Crippen molar-refractivity contribution in [3.05, 3.63) is 58.1 Å². The summed E-state index contributed by atoms with van der Waals surface area (Å²) in [4.78, 5) is 20.7. The molecular formula is C16H11ClN4OS. The molecule has 7 heteroatoms. The van der Waals surface area contributed by atoms with Gasteiger partial charge in [-0.1, -0.05) is 29.8 Å². The fourth-order valence-electron chi connectivity index (χ4n) is 2.41.